The molecular formula is C42H30Br2N4. The fourth-order valence-corrected chi connectivity index (χ4v) is 8.02. The van der Waals surface area contributed by atoms with Gasteiger partial charge in [0.15, 0.2) is 0 Å². The Morgan fingerprint density at radius 2 is 1.04 bits per heavy atom. The average Bonchev–Trinajstić information content (AvgIpc) is 3.76. The second kappa shape index (κ2) is 12.6. The van der Waals surface area contributed by atoms with Gasteiger partial charge in [0.1, 0.15) is 11.4 Å². The molecule has 0 radical (unpaired) electrons. The van der Waals surface area contributed by atoms with Crippen molar-refractivity contribution >= 4 is 49.6 Å². The van der Waals surface area contributed by atoms with E-state index in [1.807, 2.05) is 36.5 Å². The minimum atomic E-state index is -1.22. The minimum Gasteiger partial charge on any atom is -0.299 e. The summed E-state index contributed by atoms with van der Waals surface area (Å²) in [5, 5.41) is 0. The van der Waals surface area contributed by atoms with Crippen LogP contribution in [0.25, 0.3) is 0 Å². The number of hydrogen-bond donors (Lipinski definition) is 0. The molecule has 6 aromatic rings. The van der Waals surface area contributed by atoms with E-state index in [4.69, 9.17) is 15.0 Å². The Bertz CT molecular complexity index is 2130. The first-order valence-corrected chi connectivity index (χ1v) is 17.5. The van der Waals surface area contributed by atoms with Crippen LogP contribution < -0.4 is 0 Å². The van der Waals surface area contributed by atoms with Gasteiger partial charge in [0.2, 0.25) is 0 Å². The van der Waals surface area contributed by atoms with Crippen LogP contribution in [0.2, 0.25) is 0 Å². The molecule has 2 unspecified atom stereocenters. The summed E-state index contributed by atoms with van der Waals surface area (Å²) in [4.78, 5) is 19.4. The topological polar surface area (TPSA) is 40.3 Å². The van der Waals surface area contributed by atoms with Crippen molar-refractivity contribution in [2.75, 3.05) is 0 Å². The van der Waals surface area contributed by atoms with Gasteiger partial charge in [-0.2, -0.15) is 0 Å². The normalized spacial score (nSPS) is 19.6. The molecule has 2 atom stereocenters. The molecule has 48 heavy (non-hydrogen) atoms. The van der Waals surface area contributed by atoms with Crippen LogP contribution in [-0.4, -0.2) is 22.7 Å². The van der Waals surface area contributed by atoms with Crippen LogP contribution in [-0.2, 0) is 11.3 Å². The summed E-state index contributed by atoms with van der Waals surface area (Å²) in [7, 11) is 0. The van der Waals surface area contributed by atoms with Crippen LogP contribution in [0.15, 0.2) is 194 Å². The lowest BCUT2D eigenvalue weighted by atomic mass is 9.74. The van der Waals surface area contributed by atoms with Crippen molar-refractivity contribution in [1.82, 2.24) is 4.90 Å². The Morgan fingerprint density at radius 3 is 1.65 bits per heavy atom. The highest BCUT2D eigenvalue weighted by atomic mass is 79.9. The number of halogens is 2. The molecule has 0 saturated carbocycles. The van der Waals surface area contributed by atoms with Gasteiger partial charge in [-0.3, -0.25) is 4.90 Å². The number of benzene rings is 6. The van der Waals surface area contributed by atoms with E-state index in [0.717, 1.165) is 53.9 Å². The Balaban J connectivity index is 1.53. The largest absolute Gasteiger partial charge is 0.299 e. The van der Waals surface area contributed by atoms with Gasteiger partial charge in [0.25, 0.3) is 5.79 Å². The molecule has 0 bridgehead atoms. The monoisotopic (exact) mass is 748 g/mol. The molecule has 6 heteroatoms. The lowest BCUT2D eigenvalue weighted by Gasteiger charge is -2.45. The summed E-state index contributed by atoms with van der Waals surface area (Å²) in [6, 6.07) is 58.4. The van der Waals surface area contributed by atoms with Gasteiger partial charge in [-0.15, -0.1) is 0 Å². The van der Waals surface area contributed by atoms with Gasteiger partial charge in [-0.25, -0.2) is 15.0 Å². The van der Waals surface area contributed by atoms with Crippen molar-refractivity contribution in [3.05, 3.63) is 212 Å². The van der Waals surface area contributed by atoms with Gasteiger partial charge in [0, 0.05) is 25.6 Å². The zero-order valence-electron chi connectivity index (χ0n) is 25.9. The molecule has 2 aliphatic rings. The third-order valence-corrected chi connectivity index (χ3v) is 10.5. The second-order valence-corrected chi connectivity index (χ2v) is 13.5. The predicted octanol–water partition coefficient (Wildman–Crippen LogP) is 10.3. The van der Waals surface area contributed by atoms with E-state index in [9.17, 15) is 0 Å². The highest BCUT2D eigenvalue weighted by Crippen LogP contribution is 2.58. The molecule has 0 saturated heterocycles. The van der Waals surface area contributed by atoms with Crippen LogP contribution in [0.5, 0.6) is 0 Å². The molecule has 0 fully saturated rings. The van der Waals surface area contributed by atoms with E-state index in [0.29, 0.717) is 0 Å². The van der Waals surface area contributed by atoms with Crippen molar-refractivity contribution in [3.63, 3.8) is 0 Å². The number of aliphatic imine (C=N–C) groups is 3. The van der Waals surface area contributed by atoms with Crippen LogP contribution in [0, 0.1) is 0 Å². The van der Waals surface area contributed by atoms with Crippen LogP contribution in [0.1, 0.15) is 39.4 Å². The SMILES string of the molecule is Brc1ccccc1C1=NC(c2ccccc2)(c2ccccc2)C(c2ccccc2)N1C1(c2ccccc2Br)N=CC(c2ccccc2)=N1. The van der Waals surface area contributed by atoms with Crippen molar-refractivity contribution in [2.24, 2.45) is 15.0 Å². The van der Waals surface area contributed by atoms with Crippen LogP contribution in [0.3, 0.4) is 0 Å². The molecule has 0 N–H and O–H groups in total. The molecular weight excluding hydrogens is 720 g/mol. The zero-order valence-corrected chi connectivity index (χ0v) is 29.0. The molecule has 0 aromatic heterocycles. The molecule has 232 valence electrons. The van der Waals surface area contributed by atoms with Crippen molar-refractivity contribution in [1.29, 1.82) is 0 Å². The fraction of sp³-hybridized carbons (Fsp3) is 0.0714. The molecule has 6 aromatic carbocycles. The minimum absolute atomic E-state index is 0.367. The summed E-state index contributed by atoms with van der Waals surface area (Å²) in [5.41, 5.74) is 6.07. The Morgan fingerprint density at radius 1 is 0.521 bits per heavy atom. The molecule has 8 rings (SSSR count). The van der Waals surface area contributed by atoms with E-state index in [-0.39, 0.29) is 6.04 Å². The van der Waals surface area contributed by atoms with Crippen molar-refractivity contribution < 1.29 is 0 Å². The lowest BCUT2D eigenvalue weighted by Crippen LogP contribution is -2.50. The van der Waals surface area contributed by atoms with Gasteiger partial charge in [-0.05, 0) is 28.8 Å². The molecule has 0 spiro atoms. The van der Waals surface area contributed by atoms with Crippen molar-refractivity contribution in [2.45, 2.75) is 17.4 Å². The van der Waals surface area contributed by atoms with Crippen molar-refractivity contribution in [3.8, 4) is 0 Å². The van der Waals surface area contributed by atoms with Gasteiger partial charge < -0.3 is 0 Å². The van der Waals surface area contributed by atoms with Gasteiger partial charge in [0.05, 0.1) is 18.0 Å². The van der Waals surface area contributed by atoms with E-state index in [1.165, 1.54) is 0 Å². The summed E-state index contributed by atoms with van der Waals surface area (Å²) >= 11 is 7.85. The summed E-state index contributed by atoms with van der Waals surface area (Å²) < 4.78 is 1.85. The van der Waals surface area contributed by atoms with E-state index in [1.54, 1.807) is 0 Å². The Hall–Kier alpha value is -4.91. The van der Waals surface area contributed by atoms with E-state index < -0.39 is 11.3 Å². The molecule has 0 amide bonds. The quantitative estimate of drug-likeness (QED) is 0.160. The zero-order chi connectivity index (χ0) is 32.6. The first-order valence-electron chi connectivity index (χ1n) is 15.9. The third kappa shape index (κ3) is 4.99. The van der Waals surface area contributed by atoms with Crippen LogP contribution >= 0.6 is 31.9 Å². The highest BCUT2D eigenvalue weighted by molar-refractivity contribution is 9.10. The standard InChI is InChI=1S/C42H30Br2N4/c43-36-27-15-13-25-34(36)40-47-41(32-21-9-3-10-22-32,33-23-11-4-12-24-33)39(31-19-7-2-8-20-31)48(40)42(35-26-14-16-28-37(35)44)45-29-38(46-42)30-17-5-1-6-18-30/h1-29,39H. The molecule has 2 aliphatic heterocycles. The maximum Gasteiger partial charge on any atom is 0.258 e. The third-order valence-electron chi connectivity index (χ3n) is 9.11. The number of rotatable bonds is 7. The Labute approximate surface area is 297 Å². The summed E-state index contributed by atoms with van der Waals surface area (Å²) in [5.74, 6) is -0.430. The number of nitrogens with zero attached hydrogens (tertiary/aromatic N) is 4. The predicted molar refractivity (Wildman–Crippen MR) is 203 cm³/mol. The van der Waals surface area contributed by atoms with E-state index in [2.05, 4.69) is 176 Å². The summed E-state index contributed by atoms with van der Waals surface area (Å²) in [6.45, 7) is 0. The maximum absolute atomic E-state index is 5.93. The van der Waals surface area contributed by atoms with E-state index >= 15 is 0 Å². The second-order valence-electron chi connectivity index (χ2n) is 11.8. The fourth-order valence-electron chi connectivity index (χ4n) is 7.01. The van der Waals surface area contributed by atoms with Gasteiger partial charge in [-0.1, -0.05) is 190 Å². The maximum atomic E-state index is 5.93. The van der Waals surface area contributed by atoms with Gasteiger partial charge >= 0.3 is 0 Å². The number of hydrogen-bond acceptors (Lipinski definition) is 4. The lowest BCUT2D eigenvalue weighted by molar-refractivity contribution is 0.123. The Kier molecular flexibility index (Phi) is 7.99. The average molecular weight is 751 g/mol. The molecule has 0 aliphatic carbocycles. The molecule has 2 heterocycles. The first kappa shape index (κ1) is 30.4. The highest BCUT2D eigenvalue weighted by Gasteiger charge is 2.60. The van der Waals surface area contributed by atoms with Crippen LogP contribution in [0.4, 0.5) is 0 Å². The molecule has 4 nitrogen and oxygen atoms in total. The smallest absolute Gasteiger partial charge is 0.258 e. The summed E-state index contributed by atoms with van der Waals surface area (Å²) in [6.07, 6.45) is 1.92. The first-order chi connectivity index (χ1) is 23.6. The number of amidine groups is 1.